The largest absolute Gasteiger partial charge is 2.00 e. The Kier molecular flexibility index (Phi) is 7.06. The molecule has 0 aromatic heterocycles. The van der Waals surface area contributed by atoms with Crippen molar-refractivity contribution in [2.45, 2.75) is 6.92 Å². The zero-order valence-electron chi connectivity index (χ0n) is 2.65. The molecule has 0 aliphatic heterocycles. The van der Waals surface area contributed by atoms with Crippen LogP contribution >= 0.6 is 0 Å². The first-order chi connectivity index (χ1) is 1.73. The molecule has 0 amide bonds. The van der Waals surface area contributed by atoms with Crippen LogP contribution in [0.2, 0.25) is 0 Å². The van der Waals surface area contributed by atoms with Gasteiger partial charge in [-0.15, -0.1) is 0 Å². The summed E-state index contributed by atoms with van der Waals surface area (Å²) in [6.45, 7) is 0.972. The van der Waals surface area contributed by atoms with E-state index in [4.69, 9.17) is 9.90 Å². The Morgan fingerprint density at radius 2 is 1.80 bits per heavy atom. The number of carboxylic acid groups (broad SMARTS) is 1. The number of aliphatic carboxylic acids is 1. The fourth-order valence-electron chi connectivity index (χ4n) is 0. The third kappa shape index (κ3) is 28100. The van der Waals surface area contributed by atoms with Gasteiger partial charge in [0.05, 0.1) is 0 Å². The van der Waals surface area contributed by atoms with Crippen LogP contribution in [0.4, 0.5) is 0 Å². The van der Waals surface area contributed by atoms with E-state index in [0.29, 0.717) is 0 Å². The molecule has 0 unspecified atom stereocenters. The van der Waals surface area contributed by atoms with Crippen LogP contribution in [0.5, 0.6) is 0 Å². The average Bonchev–Trinajstić information content (AvgIpc) is 0.811. The van der Waals surface area contributed by atoms with E-state index < -0.39 is 5.97 Å². The zero-order valence-corrected chi connectivity index (χ0v) is 3.69. The quantitative estimate of drug-likeness (QED) is 0.398. The van der Waals surface area contributed by atoms with Crippen LogP contribution in [0.15, 0.2) is 0 Å². The van der Waals surface area contributed by atoms with Crippen LogP contribution in [-0.2, 0) is 21.6 Å². The topological polar surface area (TPSA) is 40.1 Å². The van der Waals surface area contributed by atoms with Crippen molar-refractivity contribution in [2.75, 3.05) is 0 Å². The predicted octanol–water partition coefficient (Wildman–Crippen LogP) is -1.25. The van der Waals surface area contributed by atoms with Gasteiger partial charge in [-0.25, -0.2) is 0 Å². The van der Waals surface area contributed by atoms with Gasteiger partial charge in [0.15, 0.2) is 0 Å². The number of hydrogen-bond donors (Lipinski definition) is 0. The molecule has 0 saturated carbocycles. The Balaban J connectivity index is 0. The number of hydrogen-bond acceptors (Lipinski definition) is 2. The van der Waals surface area contributed by atoms with E-state index in [1.165, 1.54) is 0 Å². The van der Waals surface area contributed by atoms with Gasteiger partial charge in [0.25, 0.3) is 0 Å². The molecule has 0 aliphatic carbocycles. The van der Waals surface area contributed by atoms with Gasteiger partial charge in [-0.2, -0.15) is 0 Å². The Bertz CT molecular complexity index is 30.6. The van der Waals surface area contributed by atoms with E-state index in [-0.39, 0.29) is 16.8 Å². The molecular formula is C2H3CoO2+. The van der Waals surface area contributed by atoms with Crippen LogP contribution in [0.25, 0.3) is 0 Å². The molecule has 3 heteroatoms. The maximum absolute atomic E-state index is 8.89. The van der Waals surface area contributed by atoms with E-state index in [2.05, 4.69) is 0 Å². The first-order valence-electron chi connectivity index (χ1n) is 0.908. The molecule has 0 saturated heterocycles. The fraction of sp³-hybridized carbons (Fsp3) is 0.500. The SMILES string of the molecule is CC(=O)[O-].[Co+2]. The third-order valence-corrected chi connectivity index (χ3v) is 0. The summed E-state index contributed by atoms with van der Waals surface area (Å²) in [5.41, 5.74) is 0. The average molecular weight is 118 g/mol. The molecule has 0 heterocycles. The van der Waals surface area contributed by atoms with E-state index in [1.54, 1.807) is 0 Å². The number of carbonyl (C=O) groups is 1. The minimum absolute atomic E-state index is 0. The first kappa shape index (κ1) is 8.88. The number of carbonyl (C=O) groups excluding carboxylic acids is 1. The van der Waals surface area contributed by atoms with Gasteiger partial charge in [-0.05, 0) is 6.92 Å². The molecule has 5 heavy (non-hydrogen) atoms. The van der Waals surface area contributed by atoms with Gasteiger partial charge in [-0.1, -0.05) is 0 Å². The summed E-state index contributed by atoms with van der Waals surface area (Å²) >= 11 is 0. The van der Waals surface area contributed by atoms with Crippen LogP contribution in [0.1, 0.15) is 6.92 Å². The van der Waals surface area contributed by atoms with Crippen LogP contribution in [0.3, 0.4) is 0 Å². The van der Waals surface area contributed by atoms with E-state index in [0.717, 1.165) is 6.92 Å². The van der Waals surface area contributed by atoms with Crippen molar-refractivity contribution in [3.05, 3.63) is 0 Å². The summed E-state index contributed by atoms with van der Waals surface area (Å²) in [6, 6.07) is 0. The van der Waals surface area contributed by atoms with E-state index in [1.807, 2.05) is 0 Å². The molecule has 31 valence electrons. The summed E-state index contributed by atoms with van der Waals surface area (Å²) < 4.78 is 0. The monoisotopic (exact) mass is 118 g/mol. The smallest absolute Gasteiger partial charge is 0.550 e. The predicted molar refractivity (Wildman–Crippen MR) is 10.7 cm³/mol. The van der Waals surface area contributed by atoms with Crippen molar-refractivity contribution < 1.29 is 26.7 Å². The first-order valence-corrected chi connectivity index (χ1v) is 0.908. The minimum atomic E-state index is -1.08. The molecule has 0 rings (SSSR count). The van der Waals surface area contributed by atoms with Crippen molar-refractivity contribution >= 4 is 5.97 Å². The molecule has 0 aliphatic rings. The zero-order chi connectivity index (χ0) is 3.58. The maximum atomic E-state index is 8.89. The molecule has 0 aromatic rings. The summed E-state index contributed by atoms with van der Waals surface area (Å²) in [4.78, 5) is 8.89. The standard InChI is InChI=1S/C2H4O2.Co/c1-2(3)4;/h1H3,(H,3,4);/q;+2/p-1. The van der Waals surface area contributed by atoms with Crippen molar-refractivity contribution in [1.82, 2.24) is 0 Å². The summed E-state index contributed by atoms with van der Waals surface area (Å²) in [6.07, 6.45) is 0. The minimum Gasteiger partial charge on any atom is -0.550 e. The Labute approximate surface area is 40.4 Å². The Morgan fingerprint density at radius 3 is 1.80 bits per heavy atom. The number of carboxylic acids is 1. The van der Waals surface area contributed by atoms with Gasteiger partial charge >= 0.3 is 16.8 Å². The van der Waals surface area contributed by atoms with Gasteiger partial charge in [0.2, 0.25) is 0 Å². The molecular weight excluding hydrogens is 115 g/mol. The van der Waals surface area contributed by atoms with Crippen LogP contribution in [0, 0.1) is 0 Å². The van der Waals surface area contributed by atoms with Gasteiger partial charge < -0.3 is 9.90 Å². The number of rotatable bonds is 0. The molecule has 1 radical (unpaired) electrons. The second-order valence-corrected chi connectivity index (χ2v) is 0.492. The van der Waals surface area contributed by atoms with E-state index in [9.17, 15) is 0 Å². The molecule has 0 spiro atoms. The van der Waals surface area contributed by atoms with Crippen molar-refractivity contribution in [2.24, 2.45) is 0 Å². The Hall–Kier alpha value is -0.0235. The van der Waals surface area contributed by atoms with Crippen LogP contribution in [-0.4, -0.2) is 5.97 Å². The van der Waals surface area contributed by atoms with Crippen molar-refractivity contribution in [1.29, 1.82) is 0 Å². The molecule has 0 N–H and O–H groups in total. The van der Waals surface area contributed by atoms with Crippen LogP contribution < -0.4 is 5.11 Å². The normalized spacial score (nSPS) is 5.00. The van der Waals surface area contributed by atoms with Gasteiger partial charge in [-0.3, -0.25) is 0 Å². The maximum Gasteiger partial charge on any atom is 2.00 e. The second-order valence-electron chi connectivity index (χ2n) is 0.492. The molecule has 2 nitrogen and oxygen atoms in total. The summed E-state index contributed by atoms with van der Waals surface area (Å²) in [5, 5.41) is 8.89. The Morgan fingerprint density at radius 1 is 1.80 bits per heavy atom. The molecule has 0 bridgehead atoms. The molecule has 0 atom stereocenters. The third-order valence-electron chi connectivity index (χ3n) is 0. The van der Waals surface area contributed by atoms with Crippen molar-refractivity contribution in [3.8, 4) is 0 Å². The van der Waals surface area contributed by atoms with E-state index >= 15 is 0 Å². The van der Waals surface area contributed by atoms with Gasteiger partial charge in [0, 0.05) is 5.97 Å². The second kappa shape index (κ2) is 3.98. The molecule has 0 aromatic carbocycles. The fourth-order valence-corrected chi connectivity index (χ4v) is 0. The van der Waals surface area contributed by atoms with Gasteiger partial charge in [0.1, 0.15) is 0 Å². The van der Waals surface area contributed by atoms with Crippen molar-refractivity contribution in [3.63, 3.8) is 0 Å². The molecule has 0 fully saturated rings. The summed E-state index contributed by atoms with van der Waals surface area (Å²) in [7, 11) is 0. The summed E-state index contributed by atoms with van der Waals surface area (Å²) in [5.74, 6) is -1.08.